The predicted octanol–water partition coefficient (Wildman–Crippen LogP) is 1.02. The maximum absolute atomic E-state index is 10.6. The number of aromatic carboxylic acids is 1. The number of carboxylic acids is 1. The summed E-state index contributed by atoms with van der Waals surface area (Å²) in [4.78, 5) is 14.6. The number of hydrogen-bond donors (Lipinski definition) is 1. The fourth-order valence-electron chi connectivity index (χ4n) is 1.19. The van der Waals surface area contributed by atoms with E-state index in [-0.39, 0.29) is 43.4 Å². The normalized spacial score (nSPS) is 9.43. The van der Waals surface area contributed by atoms with Crippen molar-refractivity contribution < 1.29 is 9.90 Å². The Morgan fingerprint density at radius 1 is 1.14 bits per heavy atom. The minimum atomic E-state index is -0.995. The first-order valence-corrected chi connectivity index (χ1v) is 3.86. The standard InChI is InChI=1S/C10H7NO2.Ca.2H/c12-10(13)9-6-5-7-3-1-2-4-8(7)11-9;;;/h1-6H,(H,12,13);;;. The average Bonchev–Trinajstić information content (AvgIpc) is 2.17. The molecule has 1 heterocycles. The molecule has 68 valence electrons. The zero-order valence-electron chi connectivity index (χ0n) is 6.77. The fraction of sp³-hybridized carbons (Fsp3) is 0. The maximum atomic E-state index is 10.6. The first-order chi connectivity index (χ1) is 6.27. The van der Waals surface area contributed by atoms with Crippen LogP contribution in [0.3, 0.4) is 0 Å². The van der Waals surface area contributed by atoms with Gasteiger partial charge in [-0.3, -0.25) is 0 Å². The molecule has 2 aromatic rings. The quantitative estimate of drug-likeness (QED) is 0.722. The molecule has 0 spiro atoms. The summed E-state index contributed by atoms with van der Waals surface area (Å²) in [5.74, 6) is -0.995. The topological polar surface area (TPSA) is 50.2 Å². The van der Waals surface area contributed by atoms with Crippen LogP contribution in [0.1, 0.15) is 10.5 Å². The van der Waals surface area contributed by atoms with E-state index in [1.807, 2.05) is 18.2 Å². The van der Waals surface area contributed by atoms with Crippen LogP contribution in [0.25, 0.3) is 10.9 Å². The molecule has 14 heavy (non-hydrogen) atoms. The summed E-state index contributed by atoms with van der Waals surface area (Å²) in [7, 11) is 0. The van der Waals surface area contributed by atoms with Crippen LogP contribution in [0, 0.1) is 0 Å². The second kappa shape index (κ2) is 4.73. The number of rotatable bonds is 1. The Morgan fingerprint density at radius 2 is 1.86 bits per heavy atom. The Balaban J connectivity index is 0.000000980. The third-order valence-corrected chi connectivity index (χ3v) is 1.82. The summed E-state index contributed by atoms with van der Waals surface area (Å²) in [6.45, 7) is 0. The van der Waals surface area contributed by atoms with Gasteiger partial charge in [-0.15, -0.1) is 0 Å². The first-order valence-electron chi connectivity index (χ1n) is 3.86. The number of fused-ring (bicyclic) bond motifs is 1. The van der Waals surface area contributed by atoms with Crippen molar-refractivity contribution in [3.63, 3.8) is 0 Å². The van der Waals surface area contributed by atoms with Crippen LogP contribution in [-0.4, -0.2) is 53.8 Å². The molecular formula is C10H9CaNO2. The van der Waals surface area contributed by atoms with E-state index in [4.69, 9.17) is 5.11 Å². The molecule has 0 aliphatic rings. The first kappa shape index (κ1) is 11.4. The van der Waals surface area contributed by atoms with Gasteiger partial charge in [-0.05, 0) is 12.1 Å². The molecule has 0 fully saturated rings. The predicted molar refractivity (Wildman–Crippen MR) is 57.2 cm³/mol. The molecule has 0 atom stereocenters. The molecule has 1 aromatic heterocycles. The molecule has 0 amide bonds. The van der Waals surface area contributed by atoms with Gasteiger partial charge >= 0.3 is 43.7 Å². The van der Waals surface area contributed by atoms with Gasteiger partial charge in [-0.1, -0.05) is 24.3 Å². The van der Waals surface area contributed by atoms with E-state index in [0.717, 1.165) is 5.39 Å². The number of aromatic nitrogens is 1. The molecule has 0 radical (unpaired) electrons. The van der Waals surface area contributed by atoms with Crippen LogP contribution >= 0.6 is 0 Å². The van der Waals surface area contributed by atoms with Crippen molar-refractivity contribution in [3.05, 3.63) is 42.1 Å². The van der Waals surface area contributed by atoms with E-state index in [2.05, 4.69) is 4.98 Å². The van der Waals surface area contributed by atoms with Crippen molar-refractivity contribution in [2.24, 2.45) is 0 Å². The number of benzene rings is 1. The summed E-state index contributed by atoms with van der Waals surface area (Å²) < 4.78 is 0. The summed E-state index contributed by atoms with van der Waals surface area (Å²) in [5, 5.41) is 9.63. The van der Waals surface area contributed by atoms with Gasteiger partial charge in [-0.2, -0.15) is 0 Å². The molecule has 0 unspecified atom stereocenters. The number of para-hydroxylation sites is 1. The Morgan fingerprint density at radius 3 is 2.57 bits per heavy atom. The van der Waals surface area contributed by atoms with Gasteiger partial charge in [0.15, 0.2) is 0 Å². The van der Waals surface area contributed by atoms with E-state index in [9.17, 15) is 4.79 Å². The Kier molecular flexibility index (Phi) is 3.86. The molecule has 0 aliphatic heterocycles. The molecule has 0 aliphatic carbocycles. The van der Waals surface area contributed by atoms with E-state index in [1.54, 1.807) is 12.1 Å². The molecule has 0 bridgehead atoms. The molecule has 0 saturated carbocycles. The minimum absolute atomic E-state index is 0. The second-order valence-electron chi connectivity index (χ2n) is 2.69. The average molecular weight is 215 g/mol. The number of carboxylic acid groups (broad SMARTS) is 1. The van der Waals surface area contributed by atoms with Crippen LogP contribution in [0.4, 0.5) is 0 Å². The Bertz CT molecular complexity index is 470. The molecule has 3 nitrogen and oxygen atoms in total. The van der Waals surface area contributed by atoms with Gasteiger partial charge in [0.25, 0.3) is 0 Å². The van der Waals surface area contributed by atoms with Gasteiger partial charge < -0.3 is 5.11 Å². The van der Waals surface area contributed by atoms with Gasteiger partial charge in [0.05, 0.1) is 5.52 Å². The summed E-state index contributed by atoms with van der Waals surface area (Å²) in [6, 6.07) is 10.7. The van der Waals surface area contributed by atoms with E-state index < -0.39 is 5.97 Å². The monoisotopic (exact) mass is 215 g/mol. The van der Waals surface area contributed by atoms with Crippen LogP contribution in [-0.2, 0) is 0 Å². The van der Waals surface area contributed by atoms with Crippen LogP contribution in [0.15, 0.2) is 36.4 Å². The van der Waals surface area contributed by atoms with E-state index in [1.165, 1.54) is 6.07 Å². The zero-order valence-corrected chi connectivity index (χ0v) is 6.77. The van der Waals surface area contributed by atoms with Crippen molar-refractivity contribution in [1.82, 2.24) is 4.98 Å². The van der Waals surface area contributed by atoms with Crippen molar-refractivity contribution in [3.8, 4) is 0 Å². The summed E-state index contributed by atoms with van der Waals surface area (Å²) in [5.41, 5.74) is 0.793. The van der Waals surface area contributed by atoms with Crippen molar-refractivity contribution in [2.45, 2.75) is 0 Å². The Labute approximate surface area is 111 Å². The van der Waals surface area contributed by atoms with Crippen molar-refractivity contribution >= 4 is 54.6 Å². The molecule has 1 N–H and O–H groups in total. The molecule has 1 aromatic carbocycles. The van der Waals surface area contributed by atoms with Crippen molar-refractivity contribution in [1.29, 1.82) is 0 Å². The molecular weight excluding hydrogens is 206 g/mol. The number of pyridine rings is 1. The SMILES string of the molecule is O=C(O)c1ccc2ccccc2n1.[CaH2]. The van der Waals surface area contributed by atoms with Gasteiger partial charge in [0.1, 0.15) is 5.69 Å². The molecule has 0 saturated heterocycles. The summed E-state index contributed by atoms with van der Waals surface area (Å²) in [6.07, 6.45) is 0. The van der Waals surface area contributed by atoms with Crippen LogP contribution in [0.2, 0.25) is 0 Å². The van der Waals surface area contributed by atoms with Gasteiger partial charge in [0, 0.05) is 5.39 Å². The number of nitrogens with zero attached hydrogens (tertiary/aromatic N) is 1. The molecule has 2 rings (SSSR count). The fourth-order valence-corrected chi connectivity index (χ4v) is 1.19. The third-order valence-electron chi connectivity index (χ3n) is 1.82. The number of hydrogen-bond acceptors (Lipinski definition) is 2. The van der Waals surface area contributed by atoms with Crippen LogP contribution < -0.4 is 0 Å². The van der Waals surface area contributed by atoms with Crippen molar-refractivity contribution in [2.75, 3.05) is 0 Å². The number of carbonyl (C=O) groups is 1. The zero-order chi connectivity index (χ0) is 9.26. The van der Waals surface area contributed by atoms with E-state index in [0.29, 0.717) is 5.52 Å². The summed E-state index contributed by atoms with van der Waals surface area (Å²) >= 11 is 0. The van der Waals surface area contributed by atoms with Gasteiger partial charge in [-0.25, -0.2) is 9.78 Å². The van der Waals surface area contributed by atoms with Gasteiger partial charge in [0.2, 0.25) is 0 Å². The third kappa shape index (κ3) is 2.23. The second-order valence-corrected chi connectivity index (χ2v) is 2.69. The van der Waals surface area contributed by atoms with E-state index >= 15 is 0 Å². The molecule has 4 heteroatoms. The van der Waals surface area contributed by atoms with Crippen LogP contribution in [0.5, 0.6) is 0 Å². The Hall–Kier alpha value is -0.640.